The Kier molecular flexibility index (Phi) is 6.95. The van der Waals surface area contributed by atoms with Gasteiger partial charge in [-0.3, -0.25) is 4.79 Å². The van der Waals surface area contributed by atoms with E-state index >= 15 is 0 Å². The van der Waals surface area contributed by atoms with Crippen molar-refractivity contribution in [2.24, 2.45) is 0 Å². The van der Waals surface area contributed by atoms with E-state index in [9.17, 15) is 22.8 Å². The number of anilines is 1. The molecule has 2 N–H and O–H groups in total. The van der Waals surface area contributed by atoms with Crippen molar-refractivity contribution in [3.63, 3.8) is 0 Å². The van der Waals surface area contributed by atoms with Gasteiger partial charge in [0, 0.05) is 18.2 Å². The molecule has 0 saturated heterocycles. The van der Waals surface area contributed by atoms with Crippen molar-refractivity contribution in [2.75, 3.05) is 5.32 Å². The van der Waals surface area contributed by atoms with Crippen LogP contribution in [-0.2, 0) is 35.5 Å². The normalized spacial score (nSPS) is 16.6. The van der Waals surface area contributed by atoms with Gasteiger partial charge in [-0.1, -0.05) is 18.2 Å². The molecule has 0 bridgehead atoms. The first-order valence-electron chi connectivity index (χ1n) is 9.99. The van der Waals surface area contributed by atoms with E-state index in [1.54, 1.807) is 38.1 Å². The lowest BCUT2D eigenvalue weighted by molar-refractivity contribution is -0.162. The molecule has 0 saturated carbocycles. The fourth-order valence-corrected chi connectivity index (χ4v) is 4.36. The third-order valence-electron chi connectivity index (χ3n) is 4.64. The largest absolute Gasteiger partial charge is 0.450 e. The highest BCUT2D eigenvalue weighted by molar-refractivity contribution is 7.89. The average Bonchev–Trinajstić information content (AvgIpc) is 2.73. The van der Waals surface area contributed by atoms with Crippen LogP contribution in [0.2, 0.25) is 0 Å². The Bertz CT molecular complexity index is 1130. The van der Waals surface area contributed by atoms with Crippen molar-refractivity contribution < 1.29 is 32.3 Å². The molecule has 1 aliphatic rings. The molecule has 0 aliphatic carbocycles. The van der Waals surface area contributed by atoms with Crippen LogP contribution in [0.3, 0.4) is 0 Å². The van der Waals surface area contributed by atoms with E-state index in [1.807, 2.05) is 0 Å². The lowest BCUT2D eigenvalue weighted by atomic mass is 9.99. The van der Waals surface area contributed by atoms with Crippen molar-refractivity contribution in [1.29, 1.82) is 0 Å². The maximum Gasteiger partial charge on any atom is 0.348 e. The van der Waals surface area contributed by atoms with Gasteiger partial charge in [-0.15, -0.1) is 0 Å². The van der Waals surface area contributed by atoms with E-state index < -0.39 is 40.1 Å². The minimum absolute atomic E-state index is 0.0584. The minimum atomic E-state index is -3.65. The van der Waals surface area contributed by atoms with Crippen LogP contribution in [0.25, 0.3) is 0 Å². The van der Waals surface area contributed by atoms with Gasteiger partial charge in [0.25, 0.3) is 5.91 Å². The van der Waals surface area contributed by atoms with Crippen molar-refractivity contribution in [3.05, 3.63) is 59.7 Å². The Morgan fingerprint density at radius 1 is 1.06 bits per heavy atom. The smallest absolute Gasteiger partial charge is 0.348 e. The summed E-state index contributed by atoms with van der Waals surface area (Å²) in [6.07, 6.45) is -2.13. The molecule has 0 radical (unpaired) electrons. The number of hydrogen-bond donors (Lipinski definition) is 2. The molecule has 1 amide bonds. The summed E-state index contributed by atoms with van der Waals surface area (Å²) in [5.41, 5.74) is 1.40. The Morgan fingerprint density at radius 3 is 2.38 bits per heavy atom. The molecule has 10 heteroatoms. The lowest BCUT2D eigenvalue weighted by Gasteiger charge is -2.24. The number of benzene rings is 2. The van der Waals surface area contributed by atoms with Crippen LogP contribution < -0.4 is 10.0 Å². The number of esters is 2. The molecule has 170 valence electrons. The molecular weight excluding hydrogens is 436 g/mol. The number of fused-ring (bicyclic) bond motifs is 1. The predicted octanol–water partition coefficient (Wildman–Crippen LogP) is 2.03. The van der Waals surface area contributed by atoms with Crippen LogP contribution in [0.1, 0.15) is 36.7 Å². The first kappa shape index (κ1) is 23.4. The lowest BCUT2D eigenvalue weighted by Crippen LogP contribution is -2.39. The van der Waals surface area contributed by atoms with Crippen molar-refractivity contribution in [1.82, 2.24) is 4.72 Å². The van der Waals surface area contributed by atoms with Gasteiger partial charge in [0.1, 0.15) is 0 Å². The molecular formula is C22H24N2O7S. The van der Waals surface area contributed by atoms with Crippen LogP contribution in [0.5, 0.6) is 0 Å². The fraction of sp³-hybridized carbons (Fsp3) is 0.318. The van der Waals surface area contributed by atoms with E-state index in [1.165, 1.54) is 31.2 Å². The second kappa shape index (κ2) is 9.49. The summed E-state index contributed by atoms with van der Waals surface area (Å²) in [5.74, 6) is -2.05. The van der Waals surface area contributed by atoms with E-state index in [0.717, 1.165) is 0 Å². The highest BCUT2D eigenvalue weighted by Gasteiger charge is 2.34. The molecule has 32 heavy (non-hydrogen) atoms. The third-order valence-corrected chi connectivity index (χ3v) is 6.31. The SMILES string of the molecule is CC(C)NS(=O)(=O)c1ccc(NC(=O)[C@H](C)OC(=O)[C@H]2Cc3ccccc3C(=O)O2)cc1. The van der Waals surface area contributed by atoms with Gasteiger partial charge in [0.15, 0.2) is 6.10 Å². The molecule has 2 aromatic rings. The van der Waals surface area contributed by atoms with Crippen LogP contribution in [0.15, 0.2) is 53.4 Å². The second-order valence-corrected chi connectivity index (χ2v) is 9.34. The third kappa shape index (κ3) is 5.51. The highest BCUT2D eigenvalue weighted by atomic mass is 32.2. The molecule has 0 unspecified atom stereocenters. The standard InChI is InChI=1S/C22H24N2O7S/c1-13(2)24-32(28,29)17-10-8-16(9-11-17)23-20(25)14(3)30-22(27)19-12-15-6-4-5-7-18(15)21(26)31-19/h4-11,13-14,19,24H,12H2,1-3H3,(H,23,25)/t14-,19+/m0/s1. The minimum Gasteiger partial charge on any atom is -0.450 e. The van der Waals surface area contributed by atoms with Gasteiger partial charge in [-0.2, -0.15) is 0 Å². The number of ether oxygens (including phenoxy) is 2. The first-order chi connectivity index (χ1) is 15.1. The van der Waals surface area contributed by atoms with Gasteiger partial charge < -0.3 is 14.8 Å². The number of rotatable bonds is 7. The summed E-state index contributed by atoms with van der Waals surface area (Å²) < 4.78 is 37.1. The summed E-state index contributed by atoms with van der Waals surface area (Å²) in [6.45, 7) is 4.81. The molecule has 0 fully saturated rings. The molecule has 2 aromatic carbocycles. The van der Waals surface area contributed by atoms with E-state index in [0.29, 0.717) is 16.8 Å². The zero-order valence-electron chi connectivity index (χ0n) is 17.8. The Morgan fingerprint density at radius 2 is 1.72 bits per heavy atom. The number of hydrogen-bond acceptors (Lipinski definition) is 7. The molecule has 0 aromatic heterocycles. The van der Waals surface area contributed by atoms with Crippen LogP contribution in [0, 0.1) is 0 Å². The summed E-state index contributed by atoms with van der Waals surface area (Å²) in [5, 5.41) is 2.55. The highest BCUT2D eigenvalue weighted by Crippen LogP contribution is 2.22. The van der Waals surface area contributed by atoms with Crippen LogP contribution in [0.4, 0.5) is 5.69 Å². The topological polar surface area (TPSA) is 128 Å². The van der Waals surface area contributed by atoms with Crippen molar-refractivity contribution in [3.8, 4) is 0 Å². The Hall–Kier alpha value is -3.24. The summed E-state index contributed by atoms with van der Waals surface area (Å²) >= 11 is 0. The molecule has 1 aliphatic heterocycles. The van der Waals surface area contributed by atoms with Gasteiger partial charge in [-0.05, 0) is 56.7 Å². The Labute approximate surface area is 186 Å². The monoisotopic (exact) mass is 460 g/mol. The second-order valence-electron chi connectivity index (χ2n) is 7.62. The number of carbonyl (C=O) groups excluding carboxylic acids is 3. The maximum absolute atomic E-state index is 12.4. The molecule has 0 spiro atoms. The maximum atomic E-state index is 12.4. The van der Waals surface area contributed by atoms with Crippen LogP contribution in [-0.4, -0.2) is 44.5 Å². The molecule has 3 rings (SSSR count). The Balaban J connectivity index is 1.58. The number of cyclic esters (lactones) is 1. The van der Waals surface area contributed by atoms with Gasteiger partial charge >= 0.3 is 11.9 Å². The number of nitrogens with one attached hydrogen (secondary N) is 2. The van der Waals surface area contributed by atoms with Crippen LogP contribution >= 0.6 is 0 Å². The first-order valence-corrected chi connectivity index (χ1v) is 11.5. The van der Waals surface area contributed by atoms with Gasteiger partial charge in [0.05, 0.1) is 10.5 Å². The van der Waals surface area contributed by atoms with Gasteiger partial charge in [-0.25, -0.2) is 22.7 Å². The quantitative estimate of drug-likeness (QED) is 0.605. The van der Waals surface area contributed by atoms with E-state index in [2.05, 4.69) is 10.0 Å². The number of carbonyl (C=O) groups is 3. The number of sulfonamides is 1. The zero-order valence-corrected chi connectivity index (χ0v) is 18.6. The average molecular weight is 461 g/mol. The summed E-state index contributed by atoms with van der Waals surface area (Å²) in [4.78, 5) is 36.9. The van der Waals surface area contributed by atoms with E-state index in [4.69, 9.17) is 9.47 Å². The van der Waals surface area contributed by atoms with Crippen molar-refractivity contribution >= 4 is 33.6 Å². The summed E-state index contributed by atoms with van der Waals surface area (Å²) in [6, 6.07) is 12.1. The van der Waals surface area contributed by atoms with Crippen molar-refractivity contribution in [2.45, 2.75) is 50.3 Å². The van der Waals surface area contributed by atoms with Gasteiger partial charge in [0.2, 0.25) is 16.1 Å². The molecule has 9 nitrogen and oxygen atoms in total. The predicted molar refractivity (Wildman–Crippen MR) is 115 cm³/mol. The zero-order chi connectivity index (χ0) is 23.5. The fourth-order valence-electron chi connectivity index (χ4n) is 3.11. The molecule has 2 atom stereocenters. The number of amides is 1. The van der Waals surface area contributed by atoms with E-state index in [-0.39, 0.29) is 17.4 Å². The molecule has 1 heterocycles. The summed E-state index contributed by atoms with van der Waals surface area (Å²) in [7, 11) is -3.65.